The molecule has 1 saturated carbocycles. The van der Waals surface area contributed by atoms with E-state index in [2.05, 4.69) is 15.5 Å². The van der Waals surface area contributed by atoms with Gasteiger partial charge in [0, 0.05) is 19.0 Å². The number of rotatable bonds is 5. The van der Waals surface area contributed by atoms with Crippen molar-refractivity contribution in [2.45, 2.75) is 62.3 Å². The van der Waals surface area contributed by atoms with E-state index in [1.165, 1.54) is 16.4 Å². The fourth-order valence-corrected chi connectivity index (χ4v) is 6.54. The van der Waals surface area contributed by atoms with Gasteiger partial charge < -0.3 is 9.84 Å². The van der Waals surface area contributed by atoms with Crippen LogP contribution < -0.4 is 9.62 Å². The Hall–Kier alpha value is -3.20. The Morgan fingerprint density at radius 1 is 1.03 bits per heavy atom. The number of fused-ring (bicyclic) bond motifs is 1. The quantitative estimate of drug-likeness (QED) is 0.589. The summed E-state index contributed by atoms with van der Waals surface area (Å²) >= 11 is 0. The molecule has 1 aliphatic heterocycles. The van der Waals surface area contributed by atoms with Gasteiger partial charge >= 0.3 is 0 Å². The van der Waals surface area contributed by atoms with Crippen LogP contribution in [0.3, 0.4) is 0 Å². The monoisotopic (exact) mass is 480 g/mol. The minimum absolute atomic E-state index is 0.168. The second kappa shape index (κ2) is 8.87. The summed E-state index contributed by atoms with van der Waals surface area (Å²) in [5.74, 6) is 0.681. The van der Waals surface area contributed by atoms with Crippen LogP contribution in [-0.2, 0) is 22.0 Å². The third-order valence-corrected chi connectivity index (χ3v) is 8.62. The molecule has 0 bridgehead atoms. The summed E-state index contributed by atoms with van der Waals surface area (Å²) < 4.78 is 33.4. The van der Waals surface area contributed by atoms with Crippen molar-refractivity contribution >= 4 is 21.6 Å². The van der Waals surface area contributed by atoms with Crippen molar-refractivity contribution in [1.29, 1.82) is 0 Å². The smallest absolute Gasteiger partial charge is 0.264 e. The van der Waals surface area contributed by atoms with Gasteiger partial charge in [-0.2, -0.15) is 4.98 Å². The van der Waals surface area contributed by atoms with Crippen LogP contribution in [0.15, 0.2) is 57.9 Å². The molecule has 178 valence electrons. The van der Waals surface area contributed by atoms with Crippen molar-refractivity contribution in [2.24, 2.45) is 0 Å². The molecule has 0 saturated heterocycles. The van der Waals surface area contributed by atoms with Crippen molar-refractivity contribution in [1.82, 2.24) is 15.5 Å². The molecule has 0 radical (unpaired) electrons. The van der Waals surface area contributed by atoms with Crippen molar-refractivity contribution in [3.63, 3.8) is 0 Å². The lowest BCUT2D eigenvalue weighted by Gasteiger charge is -2.35. The summed E-state index contributed by atoms with van der Waals surface area (Å²) in [6, 6.07) is 13.7. The summed E-state index contributed by atoms with van der Waals surface area (Å²) in [6.45, 7) is 2.17. The predicted molar refractivity (Wildman–Crippen MR) is 127 cm³/mol. The van der Waals surface area contributed by atoms with Gasteiger partial charge in [-0.05, 0) is 61.6 Å². The van der Waals surface area contributed by atoms with Crippen molar-refractivity contribution in [3.05, 3.63) is 71.4 Å². The third-order valence-electron chi connectivity index (χ3n) is 6.79. The second-order valence-electron chi connectivity index (χ2n) is 9.07. The van der Waals surface area contributed by atoms with Crippen molar-refractivity contribution < 1.29 is 17.7 Å². The molecule has 8 nitrogen and oxygen atoms in total. The molecule has 0 atom stereocenters. The molecule has 1 aromatic heterocycles. The topological polar surface area (TPSA) is 105 Å². The van der Waals surface area contributed by atoms with Gasteiger partial charge in [0.15, 0.2) is 5.82 Å². The van der Waals surface area contributed by atoms with E-state index in [0.717, 1.165) is 56.2 Å². The first-order chi connectivity index (χ1) is 16.4. The highest BCUT2D eigenvalue weighted by Gasteiger charge is 2.40. The van der Waals surface area contributed by atoms with Crippen molar-refractivity contribution in [2.75, 3.05) is 10.8 Å². The first kappa shape index (κ1) is 22.6. The molecule has 9 heteroatoms. The normalized spacial score (nSPS) is 17.7. The maximum Gasteiger partial charge on any atom is 0.264 e. The van der Waals surface area contributed by atoms with Crippen LogP contribution in [0.4, 0.5) is 5.69 Å². The van der Waals surface area contributed by atoms with Gasteiger partial charge in [-0.25, -0.2) is 8.42 Å². The molecular formula is C25H28N4O4S. The van der Waals surface area contributed by atoms with Crippen LogP contribution in [0.5, 0.6) is 0 Å². The maximum absolute atomic E-state index is 13.4. The largest absolute Gasteiger partial charge is 0.340 e. The lowest BCUT2D eigenvalue weighted by molar-refractivity contribution is 0.0855. The van der Waals surface area contributed by atoms with E-state index in [0.29, 0.717) is 23.8 Å². The molecule has 1 aliphatic carbocycles. The van der Waals surface area contributed by atoms with E-state index >= 15 is 0 Å². The summed E-state index contributed by atoms with van der Waals surface area (Å²) in [4.78, 5) is 17.7. The molecule has 34 heavy (non-hydrogen) atoms. The Balaban J connectivity index is 1.38. The van der Waals surface area contributed by atoms with Crippen LogP contribution >= 0.6 is 0 Å². The highest BCUT2D eigenvalue weighted by atomic mass is 32.2. The lowest BCUT2D eigenvalue weighted by atomic mass is 9.80. The fourth-order valence-electron chi connectivity index (χ4n) is 5.00. The number of hydrogen-bond acceptors (Lipinski definition) is 6. The number of carbonyl (C=O) groups excluding carboxylic acids is 1. The van der Waals surface area contributed by atoms with E-state index in [4.69, 9.17) is 4.52 Å². The second-order valence-corrected chi connectivity index (χ2v) is 10.9. The Labute approximate surface area is 199 Å². The van der Waals surface area contributed by atoms with E-state index in [9.17, 15) is 13.2 Å². The number of sulfonamides is 1. The number of aryl methyl sites for hydroxylation is 2. The Morgan fingerprint density at radius 3 is 2.47 bits per heavy atom. The first-order valence-corrected chi connectivity index (χ1v) is 13.2. The van der Waals surface area contributed by atoms with Gasteiger partial charge in [0.05, 0.1) is 10.6 Å². The van der Waals surface area contributed by atoms with Crippen LogP contribution in [0.2, 0.25) is 0 Å². The molecule has 5 rings (SSSR count). The number of carbonyl (C=O) groups is 1. The van der Waals surface area contributed by atoms with Gasteiger partial charge in [0.25, 0.3) is 15.9 Å². The standard InChI is InChI=1S/C25H28N4O4S/c1-18-26-24(28-33-18)25(15-5-2-6-16-25)27-23(30)20-11-13-21(14-12-20)34(31,32)29-17-7-9-19-8-3-4-10-22(19)29/h3-4,8,10-14H,2,5-7,9,15-17H2,1H3,(H,27,30). The maximum atomic E-state index is 13.4. The van der Waals surface area contributed by atoms with Gasteiger partial charge in [-0.1, -0.05) is 42.6 Å². The zero-order chi connectivity index (χ0) is 23.8. The molecule has 0 spiro atoms. The summed E-state index contributed by atoms with van der Waals surface area (Å²) in [7, 11) is -3.73. The van der Waals surface area contributed by atoms with Gasteiger partial charge in [0.2, 0.25) is 5.89 Å². The molecular weight excluding hydrogens is 452 g/mol. The number of anilines is 1. The number of nitrogens with zero attached hydrogens (tertiary/aromatic N) is 3. The minimum Gasteiger partial charge on any atom is -0.340 e. The summed E-state index contributed by atoms with van der Waals surface area (Å²) in [6.07, 6.45) is 6.12. The molecule has 1 fully saturated rings. The van der Waals surface area contributed by atoms with Crippen LogP contribution in [0.25, 0.3) is 0 Å². The van der Waals surface area contributed by atoms with Crippen molar-refractivity contribution in [3.8, 4) is 0 Å². The highest BCUT2D eigenvalue weighted by Crippen LogP contribution is 2.36. The van der Waals surface area contributed by atoms with E-state index in [-0.39, 0.29) is 10.8 Å². The van der Waals surface area contributed by atoms with E-state index in [1.54, 1.807) is 19.1 Å². The predicted octanol–water partition coefficient (Wildman–Crippen LogP) is 4.11. The minimum atomic E-state index is -3.73. The molecule has 3 aromatic rings. The van der Waals surface area contributed by atoms with E-state index in [1.807, 2.05) is 24.3 Å². The number of para-hydroxylation sites is 1. The Bertz CT molecular complexity index is 1290. The SMILES string of the molecule is Cc1nc(C2(NC(=O)c3ccc(S(=O)(=O)N4CCCc5ccccc54)cc3)CCCCC2)no1. The summed E-state index contributed by atoms with van der Waals surface area (Å²) in [5, 5.41) is 7.22. The Kier molecular flexibility index (Phi) is 5.89. The molecule has 2 heterocycles. The number of nitrogens with one attached hydrogen (secondary N) is 1. The first-order valence-electron chi connectivity index (χ1n) is 11.7. The summed E-state index contributed by atoms with van der Waals surface area (Å²) in [5.41, 5.74) is 1.48. The fraction of sp³-hybridized carbons (Fsp3) is 0.400. The third kappa shape index (κ3) is 4.09. The van der Waals surface area contributed by atoms with Crippen LogP contribution in [0.1, 0.15) is 66.2 Å². The van der Waals surface area contributed by atoms with E-state index < -0.39 is 15.6 Å². The lowest BCUT2D eigenvalue weighted by Crippen LogP contribution is -2.48. The number of aromatic nitrogens is 2. The molecule has 1 amide bonds. The average molecular weight is 481 g/mol. The average Bonchev–Trinajstić information content (AvgIpc) is 3.31. The molecule has 1 N–H and O–H groups in total. The van der Waals surface area contributed by atoms with Gasteiger partial charge in [-0.3, -0.25) is 9.10 Å². The molecule has 2 aromatic carbocycles. The van der Waals surface area contributed by atoms with Crippen LogP contribution in [0, 0.1) is 6.92 Å². The highest BCUT2D eigenvalue weighted by molar-refractivity contribution is 7.92. The Morgan fingerprint density at radius 2 is 1.76 bits per heavy atom. The number of amides is 1. The zero-order valence-corrected chi connectivity index (χ0v) is 20.0. The van der Waals surface area contributed by atoms with Crippen LogP contribution in [-0.4, -0.2) is 31.0 Å². The molecule has 0 unspecified atom stereocenters. The zero-order valence-electron chi connectivity index (χ0n) is 19.2. The molecule has 2 aliphatic rings. The number of hydrogen-bond donors (Lipinski definition) is 1. The number of benzene rings is 2. The van der Waals surface area contributed by atoms with Gasteiger partial charge in [-0.15, -0.1) is 0 Å². The van der Waals surface area contributed by atoms with Gasteiger partial charge in [0.1, 0.15) is 5.54 Å².